The van der Waals surface area contributed by atoms with Crippen molar-refractivity contribution >= 4 is 0 Å². The van der Waals surface area contributed by atoms with Crippen LogP contribution in [0.3, 0.4) is 0 Å². The van der Waals surface area contributed by atoms with E-state index in [0.29, 0.717) is 11.5 Å². The van der Waals surface area contributed by atoms with Gasteiger partial charge in [0, 0.05) is 12.5 Å². The van der Waals surface area contributed by atoms with Gasteiger partial charge >= 0.3 is 0 Å². The number of hydrogen-bond acceptors (Lipinski definition) is 5. The van der Waals surface area contributed by atoms with E-state index in [9.17, 15) is 15.3 Å². The van der Waals surface area contributed by atoms with Crippen LogP contribution in [0.2, 0.25) is 0 Å². The molecular formula is C20H26O5. The van der Waals surface area contributed by atoms with Gasteiger partial charge in [0.25, 0.3) is 0 Å². The molecule has 0 aliphatic rings. The van der Waals surface area contributed by atoms with Gasteiger partial charge in [-0.25, -0.2) is 0 Å². The highest BCUT2D eigenvalue weighted by atomic mass is 16.5. The molecule has 0 unspecified atom stereocenters. The lowest BCUT2D eigenvalue weighted by atomic mass is 9.76. The Morgan fingerprint density at radius 3 is 1.64 bits per heavy atom. The van der Waals surface area contributed by atoms with Gasteiger partial charge in [-0.3, -0.25) is 0 Å². The zero-order valence-corrected chi connectivity index (χ0v) is 15.1. The lowest BCUT2D eigenvalue weighted by Gasteiger charge is -2.29. The van der Waals surface area contributed by atoms with Crippen LogP contribution in [-0.4, -0.2) is 36.1 Å². The van der Waals surface area contributed by atoms with E-state index in [0.717, 1.165) is 11.1 Å². The standard InChI is InChI=1S/C20H26O5/c1-12(11-21)13(2)20(14-5-7-16(22)18(9-14)24-3)15-6-8-17(23)19(10-15)25-4/h5-10,12-13,20-23H,11H2,1-4H3/t12-,13-/m1/s1. The monoisotopic (exact) mass is 346 g/mol. The van der Waals surface area contributed by atoms with Crippen LogP contribution >= 0.6 is 0 Å². The second-order valence-electron chi connectivity index (χ2n) is 6.36. The Morgan fingerprint density at radius 2 is 1.28 bits per heavy atom. The average Bonchev–Trinajstić information content (AvgIpc) is 2.63. The predicted octanol–water partition coefficient (Wildman–Crippen LogP) is 3.51. The first kappa shape index (κ1) is 18.9. The summed E-state index contributed by atoms with van der Waals surface area (Å²) in [6.45, 7) is 4.14. The molecule has 2 rings (SSSR count). The molecule has 0 heterocycles. The van der Waals surface area contributed by atoms with Crippen LogP contribution in [0.5, 0.6) is 23.0 Å². The predicted molar refractivity (Wildman–Crippen MR) is 96.6 cm³/mol. The SMILES string of the molecule is COc1cc(C(c2ccc(O)c(OC)c2)[C@H](C)[C@H](C)CO)ccc1O. The number of aliphatic hydroxyl groups excluding tert-OH is 1. The van der Waals surface area contributed by atoms with Crippen LogP contribution in [0.25, 0.3) is 0 Å². The summed E-state index contributed by atoms with van der Waals surface area (Å²) in [5.41, 5.74) is 1.91. The fourth-order valence-corrected chi connectivity index (χ4v) is 3.07. The van der Waals surface area contributed by atoms with Crippen molar-refractivity contribution in [3.8, 4) is 23.0 Å². The number of methoxy groups -OCH3 is 2. The molecule has 0 aromatic heterocycles. The highest BCUT2D eigenvalue weighted by molar-refractivity contribution is 5.49. The fourth-order valence-electron chi connectivity index (χ4n) is 3.07. The molecule has 2 aromatic rings. The first-order valence-electron chi connectivity index (χ1n) is 8.27. The van der Waals surface area contributed by atoms with Gasteiger partial charge in [-0.05, 0) is 47.2 Å². The van der Waals surface area contributed by atoms with Crippen molar-refractivity contribution in [2.45, 2.75) is 19.8 Å². The Morgan fingerprint density at radius 1 is 0.840 bits per heavy atom. The molecule has 0 spiro atoms. The quantitative estimate of drug-likeness (QED) is 0.715. The molecule has 2 aromatic carbocycles. The minimum atomic E-state index is -0.0638. The summed E-state index contributed by atoms with van der Waals surface area (Å²) < 4.78 is 10.5. The Balaban J connectivity index is 2.57. The zero-order valence-electron chi connectivity index (χ0n) is 15.1. The van der Waals surface area contributed by atoms with Crippen molar-refractivity contribution in [3.63, 3.8) is 0 Å². The second kappa shape index (κ2) is 8.12. The van der Waals surface area contributed by atoms with Crippen LogP contribution in [-0.2, 0) is 0 Å². The van der Waals surface area contributed by atoms with E-state index in [4.69, 9.17) is 9.47 Å². The maximum atomic E-state index is 9.88. The third-order valence-electron chi connectivity index (χ3n) is 4.84. The first-order valence-corrected chi connectivity index (χ1v) is 8.27. The maximum absolute atomic E-state index is 9.88. The molecule has 0 amide bonds. The average molecular weight is 346 g/mol. The van der Waals surface area contributed by atoms with Gasteiger partial charge < -0.3 is 24.8 Å². The summed E-state index contributed by atoms with van der Waals surface area (Å²) in [6.07, 6.45) is 0. The Hall–Kier alpha value is -2.40. The van der Waals surface area contributed by atoms with Gasteiger partial charge in [0.15, 0.2) is 23.0 Å². The van der Waals surface area contributed by atoms with Crippen LogP contribution in [0.15, 0.2) is 36.4 Å². The first-order chi connectivity index (χ1) is 11.9. The van der Waals surface area contributed by atoms with E-state index < -0.39 is 0 Å². The summed E-state index contributed by atoms with van der Waals surface area (Å²) in [4.78, 5) is 0. The van der Waals surface area contributed by atoms with Crippen LogP contribution in [0.4, 0.5) is 0 Å². The highest BCUT2D eigenvalue weighted by Gasteiger charge is 2.27. The second-order valence-corrected chi connectivity index (χ2v) is 6.36. The number of aliphatic hydroxyl groups is 1. The smallest absolute Gasteiger partial charge is 0.160 e. The van der Waals surface area contributed by atoms with Crippen molar-refractivity contribution in [3.05, 3.63) is 47.5 Å². The van der Waals surface area contributed by atoms with Crippen LogP contribution in [0.1, 0.15) is 30.9 Å². The Kier molecular flexibility index (Phi) is 6.15. The summed E-state index contributed by atoms with van der Waals surface area (Å²) in [6, 6.07) is 10.5. The highest BCUT2D eigenvalue weighted by Crippen LogP contribution is 2.41. The number of phenolic OH excluding ortho intramolecular Hbond substituents is 2. The van der Waals surface area contributed by atoms with Gasteiger partial charge in [-0.1, -0.05) is 26.0 Å². The number of phenols is 2. The number of ether oxygens (including phenoxy) is 2. The molecular weight excluding hydrogens is 320 g/mol. The molecule has 5 nitrogen and oxygen atoms in total. The molecule has 5 heteroatoms. The van der Waals surface area contributed by atoms with Gasteiger partial charge in [0.05, 0.1) is 14.2 Å². The Labute approximate surface area is 148 Å². The van der Waals surface area contributed by atoms with E-state index in [-0.39, 0.29) is 35.9 Å². The van der Waals surface area contributed by atoms with Crippen molar-refractivity contribution in [2.24, 2.45) is 11.8 Å². The summed E-state index contributed by atoms with van der Waals surface area (Å²) >= 11 is 0. The number of hydrogen-bond donors (Lipinski definition) is 3. The normalized spacial score (nSPS) is 13.5. The molecule has 0 radical (unpaired) electrons. The van der Waals surface area contributed by atoms with Crippen LogP contribution < -0.4 is 9.47 Å². The van der Waals surface area contributed by atoms with E-state index in [2.05, 4.69) is 6.92 Å². The number of benzene rings is 2. The van der Waals surface area contributed by atoms with Crippen LogP contribution in [0, 0.1) is 11.8 Å². The fraction of sp³-hybridized carbons (Fsp3) is 0.400. The molecule has 2 atom stereocenters. The molecule has 0 saturated carbocycles. The van der Waals surface area contributed by atoms with Crippen molar-refractivity contribution < 1.29 is 24.8 Å². The molecule has 136 valence electrons. The minimum Gasteiger partial charge on any atom is -0.504 e. The van der Waals surface area contributed by atoms with Gasteiger partial charge in [-0.2, -0.15) is 0 Å². The minimum absolute atomic E-state index is 0.0598. The third-order valence-corrected chi connectivity index (χ3v) is 4.84. The van der Waals surface area contributed by atoms with E-state index in [1.54, 1.807) is 24.3 Å². The van der Waals surface area contributed by atoms with Gasteiger partial charge in [-0.15, -0.1) is 0 Å². The van der Waals surface area contributed by atoms with E-state index in [1.807, 2.05) is 19.1 Å². The van der Waals surface area contributed by atoms with Crippen molar-refractivity contribution in [1.82, 2.24) is 0 Å². The van der Waals surface area contributed by atoms with E-state index >= 15 is 0 Å². The lowest BCUT2D eigenvalue weighted by molar-refractivity contribution is 0.186. The molecule has 0 fully saturated rings. The van der Waals surface area contributed by atoms with Crippen molar-refractivity contribution in [1.29, 1.82) is 0 Å². The molecule has 0 saturated heterocycles. The summed E-state index contributed by atoms with van der Waals surface area (Å²) in [7, 11) is 3.02. The number of aromatic hydroxyl groups is 2. The maximum Gasteiger partial charge on any atom is 0.160 e. The number of rotatable bonds is 7. The molecule has 0 aliphatic carbocycles. The molecule has 3 N–H and O–H groups in total. The van der Waals surface area contributed by atoms with E-state index in [1.165, 1.54) is 14.2 Å². The lowest BCUT2D eigenvalue weighted by Crippen LogP contribution is -2.21. The van der Waals surface area contributed by atoms with Crippen molar-refractivity contribution in [2.75, 3.05) is 20.8 Å². The Bertz CT molecular complexity index is 660. The summed E-state index contributed by atoms with van der Waals surface area (Å²) in [5, 5.41) is 29.4. The largest absolute Gasteiger partial charge is 0.504 e. The molecule has 0 bridgehead atoms. The molecule has 25 heavy (non-hydrogen) atoms. The third kappa shape index (κ3) is 3.99. The van der Waals surface area contributed by atoms with Gasteiger partial charge in [0.2, 0.25) is 0 Å². The zero-order chi connectivity index (χ0) is 18.6. The summed E-state index contributed by atoms with van der Waals surface area (Å²) in [5.74, 6) is 1.06. The van der Waals surface area contributed by atoms with Gasteiger partial charge in [0.1, 0.15) is 0 Å². The topological polar surface area (TPSA) is 79.2 Å². The molecule has 0 aliphatic heterocycles.